The molecule has 2 aromatic heterocycles. The molecule has 0 amide bonds. The van der Waals surface area contributed by atoms with Crippen molar-refractivity contribution in [2.75, 3.05) is 7.11 Å². The lowest BCUT2D eigenvalue weighted by atomic mass is 10.2. The first-order chi connectivity index (χ1) is 7.24. The summed E-state index contributed by atoms with van der Waals surface area (Å²) in [6.45, 7) is 1.69. The summed E-state index contributed by atoms with van der Waals surface area (Å²) in [6, 6.07) is 3.78. The molecule has 78 valence electrons. The van der Waals surface area contributed by atoms with E-state index in [-0.39, 0.29) is 0 Å². The third-order valence-electron chi connectivity index (χ3n) is 2.01. The molecule has 0 bridgehead atoms. The third-order valence-corrected chi connectivity index (χ3v) is 2.88. The van der Waals surface area contributed by atoms with Crippen LogP contribution in [0.1, 0.15) is 16.1 Å². The number of hydrogen-bond donors (Lipinski definition) is 0. The van der Waals surface area contributed by atoms with Gasteiger partial charge in [-0.05, 0) is 18.4 Å². The number of esters is 1. The van der Waals surface area contributed by atoms with E-state index in [4.69, 9.17) is 4.52 Å². The van der Waals surface area contributed by atoms with Crippen LogP contribution >= 0.6 is 11.3 Å². The minimum absolute atomic E-state index is 0.403. The Kier molecular flexibility index (Phi) is 2.55. The summed E-state index contributed by atoms with van der Waals surface area (Å²) in [6.07, 6.45) is 0. The topological polar surface area (TPSA) is 52.3 Å². The summed E-state index contributed by atoms with van der Waals surface area (Å²) in [5.74, 6) is 0.0578. The van der Waals surface area contributed by atoms with E-state index in [1.165, 1.54) is 18.4 Å². The molecule has 0 N–H and O–H groups in total. The van der Waals surface area contributed by atoms with Gasteiger partial charge in [-0.1, -0.05) is 11.2 Å². The molecule has 2 aromatic rings. The number of methoxy groups -OCH3 is 1. The highest BCUT2D eigenvalue weighted by Gasteiger charge is 2.22. The van der Waals surface area contributed by atoms with Crippen LogP contribution in [0.25, 0.3) is 10.6 Å². The standard InChI is InChI=1S/C10H9NO3S/c1-6-8(10(12)13-2)9(11-14-6)7-4-3-5-15-7/h3-5H,1-2H3. The molecule has 0 unspecified atom stereocenters. The van der Waals surface area contributed by atoms with Gasteiger partial charge in [-0.15, -0.1) is 11.3 Å². The average molecular weight is 223 g/mol. The predicted octanol–water partition coefficient (Wildman–Crippen LogP) is 2.50. The zero-order valence-corrected chi connectivity index (χ0v) is 9.13. The van der Waals surface area contributed by atoms with Crippen LogP contribution in [0.4, 0.5) is 0 Å². The number of carbonyl (C=O) groups is 1. The number of aromatic nitrogens is 1. The first-order valence-electron chi connectivity index (χ1n) is 4.32. The fraction of sp³-hybridized carbons (Fsp3) is 0.200. The summed E-state index contributed by atoms with van der Waals surface area (Å²) in [5.41, 5.74) is 0.953. The Morgan fingerprint density at radius 1 is 1.60 bits per heavy atom. The van der Waals surface area contributed by atoms with Gasteiger partial charge in [0.25, 0.3) is 0 Å². The zero-order valence-electron chi connectivity index (χ0n) is 8.31. The summed E-state index contributed by atoms with van der Waals surface area (Å²) in [4.78, 5) is 12.4. The van der Waals surface area contributed by atoms with Crippen molar-refractivity contribution in [2.45, 2.75) is 6.92 Å². The van der Waals surface area contributed by atoms with Crippen molar-refractivity contribution in [3.05, 3.63) is 28.8 Å². The molecule has 0 radical (unpaired) electrons. The number of carbonyl (C=O) groups excluding carboxylic acids is 1. The Balaban J connectivity index is 2.54. The van der Waals surface area contributed by atoms with Gasteiger partial charge >= 0.3 is 5.97 Å². The largest absolute Gasteiger partial charge is 0.465 e. The van der Waals surface area contributed by atoms with Crippen LogP contribution in [-0.4, -0.2) is 18.2 Å². The smallest absolute Gasteiger partial charge is 0.343 e. The van der Waals surface area contributed by atoms with E-state index in [0.29, 0.717) is 17.0 Å². The monoisotopic (exact) mass is 223 g/mol. The second-order valence-electron chi connectivity index (χ2n) is 2.93. The minimum Gasteiger partial charge on any atom is -0.465 e. The van der Waals surface area contributed by atoms with Crippen LogP contribution in [0, 0.1) is 6.92 Å². The molecule has 0 saturated carbocycles. The summed E-state index contributed by atoms with van der Waals surface area (Å²) in [5, 5.41) is 5.78. The Morgan fingerprint density at radius 3 is 3.00 bits per heavy atom. The fourth-order valence-corrected chi connectivity index (χ4v) is 2.01. The average Bonchev–Trinajstić information content (AvgIpc) is 2.85. The normalized spacial score (nSPS) is 10.3. The van der Waals surface area contributed by atoms with Gasteiger partial charge in [0, 0.05) is 0 Å². The van der Waals surface area contributed by atoms with Crippen molar-refractivity contribution in [1.29, 1.82) is 0 Å². The molecular weight excluding hydrogens is 214 g/mol. The number of hydrogen-bond acceptors (Lipinski definition) is 5. The molecule has 0 fully saturated rings. The number of thiophene rings is 1. The van der Waals surface area contributed by atoms with Crippen LogP contribution in [0.3, 0.4) is 0 Å². The molecule has 0 aliphatic heterocycles. The SMILES string of the molecule is COC(=O)c1c(-c2cccs2)noc1C. The Hall–Kier alpha value is -1.62. The van der Waals surface area contributed by atoms with Gasteiger partial charge in [0.15, 0.2) is 0 Å². The lowest BCUT2D eigenvalue weighted by Gasteiger charge is -1.97. The third kappa shape index (κ3) is 1.66. The van der Waals surface area contributed by atoms with Crippen LogP contribution in [0.5, 0.6) is 0 Å². The molecule has 2 rings (SSSR count). The highest BCUT2D eigenvalue weighted by atomic mass is 32.1. The van der Waals surface area contributed by atoms with Crippen molar-refractivity contribution in [1.82, 2.24) is 5.16 Å². The van der Waals surface area contributed by atoms with Crippen molar-refractivity contribution < 1.29 is 14.1 Å². The van der Waals surface area contributed by atoms with Crippen molar-refractivity contribution >= 4 is 17.3 Å². The lowest BCUT2D eigenvalue weighted by Crippen LogP contribution is -2.03. The van der Waals surface area contributed by atoms with Gasteiger partial charge in [0.1, 0.15) is 17.0 Å². The van der Waals surface area contributed by atoms with Crippen LogP contribution in [0.15, 0.2) is 22.0 Å². The van der Waals surface area contributed by atoms with Crippen molar-refractivity contribution in [3.63, 3.8) is 0 Å². The van der Waals surface area contributed by atoms with Crippen molar-refractivity contribution in [3.8, 4) is 10.6 Å². The van der Waals surface area contributed by atoms with Crippen LogP contribution < -0.4 is 0 Å². The molecule has 0 aliphatic rings. The van der Waals surface area contributed by atoms with Gasteiger partial charge in [-0.25, -0.2) is 4.79 Å². The number of ether oxygens (including phenoxy) is 1. The van der Waals surface area contributed by atoms with Crippen molar-refractivity contribution in [2.24, 2.45) is 0 Å². The molecule has 15 heavy (non-hydrogen) atoms. The van der Waals surface area contributed by atoms with E-state index in [0.717, 1.165) is 4.88 Å². The summed E-state index contributed by atoms with van der Waals surface area (Å²) >= 11 is 1.50. The maximum Gasteiger partial charge on any atom is 0.343 e. The Labute approximate surface area is 90.5 Å². The molecule has 0 aliphatic carbocycles. The maximum absolute atomic E-state index is 11.5. The molecule has 5 heteroatoms. The van der Waals surface area contributed by atoms with Crippen LogP contribution in [-0.2, 0) is 4.74 Å². The van der Waals surface area contributed by atoms with Gasteiger partial charge in [0.05, 0.1) is 12.0 Å². The number of aryl methyl sites for hydroxylation is 1. The molecule has 0 atom stereocenters. The van der Waals surface area contributed by atoms with E-state index in [1.807, 2.05) is 17.5 Å². The Morgan fingerprint density at radius 2 is 2.40 bits per heavy atom. The zero-order chi connectivity index (χ0) is 10.8. The van der Waals surface area contributed by atoms with Gasteiger partial charge in [-0.2, -0.15) is 0 Å². The first-order valence-corrected chi connectivity index (χ1v) is 5.20. The summed E-state index contributed by atoms with van der Waals surface area (Å²) < 4.78 is 9.68. The van der Waals surface area contributed by atoms with E-state index in [1.54, 1.807) is 6.92 Å². The summed E-state index contributed by atoms with van der Waals surface area (Å²) in [7, 11) is 1.34. The highest BCUT2D eigenvalue weighted by molar-refractivity contribution is 7.13. The maximum atomic E-state index is 11.5. The fourth-order valence-electron chi connectivity index (χ4n) is 1.30. The number of rotatable bonds is 2. The Bertz CT molecular complexity index is 473. The lowest BCUT2D eigenvalue weighted by molar-refractivity contribution is 0.0599. The van der Waals surface area contributed by atoms with E-state index < -0.39 is 5.97 Å². The molecule has 0 spiro atoms. The molecule has 0 aromatic carbocycles. The molecule has 0 saturated heterocycles. The first kappa shape index (κ1) is 9.92. The molecule has 2 heterocycles. The molecular formula is C10H9NO3S. The quantitative estimate of drug-likeness (QED) is 0.734. The molecule has 4 nitrogen and oxygen atoms in total. The minimum atomic E-state index is -0.419. The second kappa shape index (κ2) is 3.86. The van der Waals surface area contributed by atoms with Gasteiger partial charge < -0.3 is 9.26 Å². The van der Waals surface area contributed by atoms with Gasteiger partial charge in [-0.3, -0.25) is 0 Å². The van der Waals surface area contributed by atoms with Crippen LogP contribution in [0.2, 0.25) is 0 Å². The van der Waals surface area contributed by atoms with E-state index >= 15 is 0 Å². The van der Waals surface area contributed by atoms with E-state index in [9.17, 15) is 4.79 Å². The second-order valence-corrected chi connectivity index (χ2v) is 3.88. The van der Waals surface area contributed by atoms with E-state index in [2.05, 4.69) is 9.89 Å². The number of nitrogens with zero attached hydrogens (tertiary/aromatic N) is 1. The highest BCUT2D eigenvalue weighted by Crippen LogP contribution is 2.29. The predicted molar refractivity (Wildman–Crippen MR) is 55.9 cm³/mol. The van der Waals surface area contributed by atoms with Gasteiger partial charge in [0.2, 0.25) is 0 Å².